The maximum absolute atomic E-state index is 15.0. The third-order valence-electron chi connectivity index (χ3n) is 14.3. The van der Waals surface area contributed by atoms with Gasteiger partial charge in [-0.05, 0) is 107 Å². The molecule has 4 saturated carbocycles. The Morgan fingerprint density at radius 3 is 2.47 bits per heavy atom. The second kappa shape index (κ2) is 15.6. The van der Waals surface area contributed by atoms with E-state index in [1.54, 1.807) is 17.0 Å². The van der Waals surface area contributed by atoms with Crippen molar-refractivity contribution in [3.05, 3.63) is 52.7 Å². The van der Waals surface area contributed by atoms with Gasteiger partial charge in [0.05, 0.1) is 46.7 Å². The van der Waals surface area contributed by atoms with Crippen LogP contribution >= 0.6 is 0 Å². The highest BCUT2D eigenvalue weighted by Gasteiger charge is 2.61. The number of sulfonamides is 1. The Labute approximate surface area is 334 Å². The quantitative estimate of drug-likeness (QED) is 0.238. The van der Waals surface area contributed by atoms with Crippen molar-refractivity contribution in [1.82, 2.24) is 14.6 Å². The summed E-state index contributed by atoms with van der Waals surface area (Å²) in [5.41, 5.74) is -0.861. The average Bonchev–Trinajstić information content (AvgIpc) is 3.99. The predicted octanol–water partition coefficient (Wildman–Crippen LogP) is 6.05. The topological polar surface area (TPSA) is 169 Å². The van der Waals surface area contributed by atoms with Gasteiger partial charge in [-0.2, -0.15) is 0 Å². The van der Waals surface area contributed by atoms with Gasteiger partial charge in [0.15, 0.2) is 17.1 Å². The molecule has 0 unspecified atom stereocenters. The van der Waals surface area contributed by atoms with Gasteiger partial charge < -0.3 is 19.4 Å². The number of ketones is 1. The zero-order chi connectivity index (χ0) is 40.1. The molecule has 13 heteroatoms. The van der Waals surface area contributed by atoms with Crippen molar-refractivity contribution in [2.75, 3.05) is 6.54 Å². The fourth-order valence-electron chi connectivity index (χ4n) is 10.7. The summed E-state index contributed by atoms with van der Waals surface area (Å²) < 4.78 is 40.9. The Kier molecular flexibility index (Phi) is 10.9. The molecule has 8 rings (SSSR count). The Hall–Kier alpha value is -4.00. The molecule has 308 valence electrons. The Balaban J connectivity index is 1.14. The number of para-hydroxylation sites is 1. The number of Topliss-reactive ketones (excluding diaryl/α,β-unsaturated/α-hetero) is 1. The number of allylic oxidation sites excluding steroid dienone is 1. The molecule has 5 fully saturated rings. The third-order valence-corrected chi connectivity index (χ3v) is 16.1. The minimum absolute atomic E-state index is 0.0434. The number of ether oxygens (including phenoxy) is 2. The van der Waals surface area contributed by atoms with Crippen LogP contribution in [0.25, 0.3) is 10.9 Å². The molecule has 0 spiro atoms. The molecule has 1 aromatic carbocycles. The maximum Gasteiger partial charge on any atom is 0.307 e. The number of hydrogen-bond donors (Lipinski definition) is 2. The fraction of sp³-hybridized carbons (Fsp3) is 0.659. The molecule has 6 aliphatic rings. The third kappa shape index (κ3) is 7.93. The van der Waals surface area contributed by atoms with Crippen LogP contribution in [0.3, 0.4) is 0 Å². The van der Waals surface area contributed by atoms with Crippen LogP contribution in [0.4, 0.5) is 0 Å². The lowest BCUT2D eigenvalue weighted by atomic mass is 9.85. The maximum atomic E-state index is 15.0. The first-order valence-corrected chi connectivity index (χ1v) is 22.9. The summed E-state index contributed by atoms with van der Waals surface area (Å²) in [6.45, 7) is 5.93. The van der Waals surface area contributed by atoms with Crippen LogP contribution in [0.1, 0.15) is 122 Å². The molecule has 1 aromatic heterocycles. The first kappa shape index (κ1) is 39.8. The highest BCUT2D eigenvalue weighted by molar-refractivity contribution is 7.90. The molecule has 7 atom stereocenters. The molecule has 2 N–H and O–H groups in total. The summed E-state index contributed by atoms with van der Waals surface area (Å²) in [5.74, 6) is -2.39. The zero-order valence-corrected chi connectivity index (χ0v) is 33.9. The molecule has 2 bridgehead atoms. The molecule has 2 aliphatic heterocycles. The SMILES string of the molecule is C=C[C@@H]1C[C@]1(CC(=O)[C@@H]1C[C@@H]2CN1C(=O)[C@H](C1CCCC1)CC(=O)O[C@@]1(C)CCC[C@@H]1CCCCCc1c([nH]c3ccccc3c1=O)O2)C(=O)NS(=O)(=O)C1CC1. The number of nitrogens with one attached hydrogen (secondary N) is 2. The summed E-state index contributed by atoms with van der Waals surface area (Å²) in [6, 6.07) is 6.31. The minimum atomic E-state index is -3.86. The first-order chi connectivity index (χ1) is 27.3. The molecule has 3 heterocycles. The number of carbonyl (C=O) groups excluding carboxylic acids is 4. The lowest BCUT2D eigenvalue weighted by Gasteiger charge is -2.34. The van der Waals surface area contributed by atoms with Crippen molar-refractivity contribution in [2.45, 2.75) is 145 Å². The van der Waals surface area contributed by atoms with Gasteiger partial charge in [0.1, 0.15) is 11.7 Å². The Morgan fingerprint density at radius 2 is 1.74 bits per heavy atom. The lowest BCUT2D eigenvalue weighted by molar-refractivity contribution is -0.166. The van der Waals surface area contributed by atoms with Gasteiger partial charge in [0, 0.05) is 18.2 Å². The van der Waals surface area contributed by atoms with Crippen LogP contribution in [0.15, 0.2) is 41.7 Å². The highest BCUT2D eigenvalue weighted by Crippen LogP contribution is 2.57. The van der Waals surface area contributed by atoms with Crippen LogP contribution in [0, 0.1) is 29.1 Å². The van der Waals surface area contributed by atoms with Crippen molar-refractivity contribution in [3.63, 3.8) is 0 Å². The number of carbonyl (C=O) groups is 4. The number of pyridine rings is 1. The number of hydrogen-bond acceptors (Lipinski definition) is 9. The summed E-state index contributed by atoms with van der Waals surface area (Å²) >= 11 is 0. The van der Waals surface area contributed by atoms with Gasteiger partial charge in [0.2, 0.25) is 21.8 Å². The second-order valence-electron chi connectivity index (χ2n) is 18.1. The van der Waals surface area contributed by atoms with E-state index in [1.807, 2.05) is 25.1 Å². The summed E-state index contributed by atoms with van der Waals surface area (Å²) in [4.78, 5) is 76.2. The molecule has 4 aliphatic carbocycles. The second-order valence-corrected chi connectivity index (χ2v) is 20.1. The van der Waals surface area contributed by atoms with Crippen LogP contribution in [-0.2, 0) is 40.4 Å². The monoisotopic (exact) mass is 803 g/mol. The van der Waals surface area contributed by atoms with E-state index in [0.29, 0.717) is 41.6 Å². The minimum Gasteiger partial charge on any atom is -0.473 e. The van der Waals surface area contributed by atoms with Crippen molar-refractivity contribution in [1.29, 1.82) is 0 Å². The van der Waals surface area contributed by atoms with Crippen LogP contribution in [-0.4, -0.2) is 71.4 Å². The number of benzene rings is 1. The normalized spacial score (nSPS) is 32.7. The van der Waals surface area contributed by atoms with E-state index in [9.17, 15) is 27.6 Å². The van der Waals surface area contributed by atoms with Crippen molar-refractivity contribution < 1.29 is 37.1 Å². The number of rotatable bonds is 8. The van der Waals surface area contributed by atoms with Gasteiger partial charge >= 0.3 is 5.97 Å². The molecular weight excluding hydrogens is 747 g/mol. The highest BCUT2D eigenvalue weighted by atomic mass is 32.2. The number of aromatic amines is 1. The number of esters is 1. The van der Waals surface area contributed by atoms with Gasteiger partial charge in [-0.15, -0.1) is 6.58 Å². The number of aromatic nitrogens is 1. The molecule has 2 amide bonds. The van der Waals surface area contributed by atoms with E-state index < -0.39 is 56.2 Å². The van der Waals surface area contributed by atoms with Crippen molar-refractivity contribution in [3.8, 4) is 5.88 Å². The molecular formula is C44H57N3O9S. The van der Waals surface area contributed by atoms with Crippen molar-refractivity contribution in [2.24, 2.45) is 29.1 Å². The smallest absolute Gasteiger partial charge is 0.307 e. The largest absolute Gasteiger partial charge is 0.473 e. The standard InChI is InChI=1S/C44H57N3O9S/c1-3-28-24-44(28,42(52)46-57(53,54)31-19-20-31)25-37(48)36-22-30-26-47(36)41(51)34(27-12-7-8-13-27)23-38(49)56-43(2)21-11-15-29(43)14-5-4-6-17-33-39(50)32-16-9-10-18-35(32)45-40(33)55-30/h3,9-10,16,18,27-31,34,36H,1,4-8,11-15,17,19-26H2,2H3,(H,45,50)(H,46,52)/t28-,29+,30-,34+,36+,43+,44-/m1/s1. The predicted molar refractivity (Wildman–Crippen MR) is 214 cm³/mol. The number of fused-ring (bicyclic) bond motifs is 5. The number of H-pyrrole nitrogens is 1. The van der Waals surface area contributed by atoms with Crippen LogP contribution in [0.5, 0.6) is 5.88 Å². The molecule has 2 aromatic rings. The number of nitrogens with zero attached hydrogens (tertiary/aromatic N) is 1. The van der Waals surface area contributed by atoms with Crippen molar-refractivity contribution >= 4 is 44.5 Å². The Bertz CT molecular complexity index is 2110. The van der Waals surface area contributed by atoms with Gasteiger partial charge in [-0.25, -0.2) is 8.42 Å². The van der Waals surface area contributed by atoms with E-state index in [-0.39, 0.29) is 67.2 Å². The molecule has 0 radical (unpaired) electrons. The van der Waals surface area contributed by atoms with E-state index in [2.05, 4.69) is 16.3 Å². The van der Waals surface area contributed by atoms with E-state index in [4.69, 9.17) is 9.47 Å². The zero-order valence-electron chi connectivity index (χ0n) is 33.1. The summed E-state index contributed by atoms with van der Waals surface area (Å²) in [5, 5.41) is -0.0446. The van der Waals surface area contributed by atoms with Crippen LogP contribution < -0.4 is 14.9 Å². The van der Waals surface area contributed by atoms with Gasteiger partial charge in [-0.1, -0.05) is 43.9 Å². The Morgan fingerprint density at radius 1 is 1.00 bits per heavy atom. The van der Waals surface area contributed by atoms with E-state index in [1.165, 1.54) is 0 Å². The summed E-state index contributed by atoms with van der Waals surface area (Å²) in [7, 11) is -3.86. The van der Waals surface area contributed by atoms with Crippen LogP contribution in [0.2, 0.25) is 0 Å². The molecule has 57 heavy (non-hydrogen) atoms. The molecule has 1 saturated heterocycles. The number of amides is 2. The lowest BCUT2D eigenvalue weighted by Crippen LogP contribution is -2.48. The van der Waals surface area contributed by atoms with E-state index in [0.717, 1.165) is 70.6 Å². The van der Waals surface area contributed by atoms with Gasteiger partial charge in [-0.3, -0.25) is 28.7 Å². The average molecular weight is 804 g/mol. The fourth-order valence-corrected chi connectivity index (χ4v) is 12.0. The molecule has 12 nitrogen and oxygen atoms in total. The van der Waals surface area contributed by atoms with Gasteiger partial charge in [0.25, 0.3) is 0 Å². The summed E-state index contributed by atoms with van der Waals surface area (Å²) in [6.07, 6.45) is 12.0. The van der Waals surface area contributed by atoms with E-state index >= 15 is 4.79 Å². The first-order valence-electron chi connectivity index (χ1n) is 21.4.